The standard InChI is InChI=1S/C19H34N4O3/c1-15(2)9-10-22(3)11-17-12-23(21-20-17)13-18(24)14-26-19(25)16-7-5-4-6-8-16/h12,15-16,18,24H,4-11,13-14H2,1-3H3. The Balaban J connectivity index is 1.69. The molecule has 1 unspecified atom stereocenters. The molecule has 1 aromatic heterocycles. The van der Waals surface area contributed by atoms with E-state index in [0.717, 1.165) is 50.9 Å². The largest absolute Gasteiger partial charge is 0.463 e. The van der Waals surface area contributed by atoms with E-state index in [9.17, 15) is 9.90 Å². The van der Waals surface area contributed by atoms with E-state index in [1.165, 1.54) is 6.42 Å². The predicted molar refractivity (Wildman–Crippen MR) is 99.4 cm³/mol. The summed E-state index contributed by atoms with van der Waals surface area (Å²) in [5, 5.41) is 18.3. The first-order chi connectivity index (χ1) is 12.4. The minimum Gasteiger partial charge on any atom is -0.463 e. The number of aromatic nitrogens is 3. The quantitative estimate of drug-likeness (QED) is 0.640. The van der Waals surface area contributed by atoms with Crippen LogP contribution in [0, 0.1) is 11.8 Å². The highest BCUT2D eigenvalue weighted by molar-refractivity contribution is 5.72. The van der Waals surface area contributed by atoms with E-state index in [0.29, 0.717) is 5.92 Å². The molecule has 2 rings (SSSR count). The lowest BCUT2D eigenvalue weighted by Gasteiger charge is -2.20. The van der Waals surface area contributed by atoms with Gasteiger partial charge in [0.2, 0.25) is 0 Å². The Bertz CT molecular complexity index is 541. The van der Waals surface area contributed by atoms with Gasteiger partial charge in [0, 0.05) is 12.7 Å². The number of nitrogens with zero attached hydrogens (tertiary/aromatic N) is 4. The Labute approximate surface area is 156 Å². The monoisotopic (exact) mass is 366 g/mol. The second-order valence-electron chi connectivity index (χ2n) is 7.97. The maximum Gasteiger partial charge on any atom is 0.309 e. The Morgan fingerprint density at radius 2 is 2.12 bits per heavy atom. The lowest BCUT2D eigenvalue weighted by atomic mass is 9.89. The first-order valence-corrected chi connectivity index (χ1v) is 9.86. The van der Waals surface area contributed by atoms with Crippen molar-refractivity contribution < 1.29 is 14.6 Å². The highest BCUT2D eigenvalue weighted by Crippen LogP contribution is 2.24. The van der Waals surface area contributed by atoms with Crippen LogP contribution in [0.1, 0.15) is 58.1 Å². The minimum absolute atomic E-state index is 0.00954. The molecule has 1 heterocycles. The number of hydrogen-bond acceptors (Lipinski definition) is 6. The van der Waals surface area contributed by atoms with Crippen molar-refractivity contribution >= 4 is 5.97 Å². The molecule has 0 bridgehead atoms. The molecule has 0 amide bonds. The number of ether oxygens (including phenoxy) is 1. The molecule has 1 atom stereocenters. The van der Waals surface area contributed by atoms with Gasteiger partial charge in [-0.25, -0.2) is 4.68 Å². The summed E-state index contributed by atoms with van der Waals surface area (Å²) in [5.41, 5.74) is 0.877. The lowest BCUT2D eigenvalue weighted by molar-refractivity contribution is -0.152. The normalized spacial score (nSPS) is 17.0. The fourth-order valence-corrected chi connectivity index (χ4v) is 3.24. The van der Waals surface area contributed by atoms with Crippen molar-refractivity contribution in [1.29, 1.82) is 0 Å². The number of aliphatic hydroxyl groups is 1. The second kappa shape index (κ2) is 10.6. The topological polar surface area (TPSA) is 80.5 Å². The molecule has 7 heteroatoms. The van der Waals surface area contributed by atoms with E-state index in [1.807, 2.05) is 6.20 Å². The van der Waals surface area contributed by atoms with Crippen LogP contribution < -0.4 is 0 Å². The lowest BCUT2D eigenvalue weighted by Crippen LogP contribution is -2.27. The van der Waals surface area contributed by atoms with Gasteiger partial charge < -0.3 is 14.7 Å². The molecule has 1 fully saturated rings. The molecule has 26 heavy (non-hydrogen) atoms. The first kappa shape index (κ1) is 20.8. The summed E-state index contributed by atoms with van der Waals surface area (Å²) in [4.78, 5) is 14.2. The van der Waals surface area contributed by atoms with Gasteiger partial charge in [0.25, 0.3) is 0 Å². The Morgan fingerprint density at radius 1 is 1.38 bits per heavy atom. The maximum absolute atomic E-state index is 12.0. The van der Waals surface area contributed by atoms with Crippen LogP contribution >= 0.6 is 0 Å². The Kier molecular flexibility index (Phi) is 8.51. The zero-order valence-corrected chi connectivity index (χ0v) is 16.4. The second-order valence-corrected chi connectivity index (χ2v) is 7.97. The molecule has 0 aromatic carbocycles. The van der Waals surface area contributed by atoms with E-state index in [1.54, 1.807) is 4.68 Å². The third-order valence-corrected chi connectivity index (χ3v) is 4.86. The first-order valence-electron chi connectivity index (χ1n) is 9.86. The SMILES string of the molecule is CC(C)CCN(C)Cc1cn(CC(O)COC(=O)C2CCCCC2)nn1. The average Bonchev–Trinajstić information content (AvgIpc) is 3.05. The highest BCUT2D eigenvalue weighted by Gasteiger charge is 2.23. The fourth-order valence-electron chi connectivity index (χ4n) is 3.24. The molecule has 1 saturated carbocycles. The van der Waals surface area contributed by atoms with Crippen LogP contribution in [0.4, 0.5) is 0 Å². The molecular weight excluding hydrogens is 332 g/mol. The fraction of sp³-hybridized carbons (Fsp3) is 0.842. The number of esters is 1. The van der Waals surface area contributed by atoms with Crippen LogP contribution in [0.3, 0.4) is 0 Å². The van der Waals surface area contributed by atoms with Gasteiger partial charge in [-0.2, -0.15) is 0 Å². The van der Waals surface area contributed by atoms with Crippen molar-refractivity contribution in [2.45, 2.75) is 71.6 Å². The van der Waals surface area contributed by atoms with Crippen molar-refractivity contribution in [1.82, 2.24) is 19.9 Å². The molecule has 148 valence electrons. The Hall–Kier alpha value is -1.47. The van der Waals surface area contributed by atoms with Crippen molar-refractivity contribution in [3.63, 3.8) is 0 Å². The number of carbonyl (C=O) groups is 1. The van der Waals surface area contributed by atoms with Gasteiger partial charge in [0.1, 0.15) is 12.7 Å². The van der Waals surface area contributed by atoms with Gasteiger partial charge in [0.15, 0.2) is 0 Å². The summed E-state index contributed by atoms with van der Waals surface area (Å²) in [5.74, 6) is 0.518. The van der Waals surface area contributed by atoms with Crippen molar-refractivity contribution in [3.8, 4) is 0 Å². The van der Waals surface area contributed by atoms with Crippen LogP contribution in [0.5, 0.6) is 0 Å². The molecule has 0 spiro atoms. The zero-order chi connectivity index (χ0) is 18.9. The number of rotatable bonds is 10. The van der Waals surface area contributed by atoms with Gasteiger partial charge in [-0.1, -0.05) is 38.3 Å². The average molecular weight is 367 g/mol. The summed E-state index contributed by atoms with van der Waals surface area (Å²) in [7, 11) is 2.07. The zero-order valence-electron chi connectivity index (χ0n) is 16.4. The Morgan fingerprint density at radius 3 is 2.81 bits per heavy atom. The van der Waals surface area contributed by atoms with E-state index < -0.39 is 6.10 Å². The van der Waals surface area contributed by atoms with Gasteiger partial charge in [0.05, 0.1) is 18.2 Å². The van der Waals surface area contributed by atoms with Crippen LogP contribution in [-0.2, 0) is 22.6 Å². The highest BCUT2D eigenvalue weighted by atomic mass is 16.5. The van der Waals surface area contributed by atoms with Crippen LogP contribution in [0.25, 0.3) is 0 Å². The molecule has 0 aliphatic heterocycles. The molecule has 0 radical (unpaired) electrons. The molecule has 0 saturated heterocycles. The van der Waals surface area contributed by atoms with Crippen molar-refractivity contribution in [2.75, 3.05) is 20.2 Å². The van der Waals surface area contributed by atoms with Crippen LogP contribution in [0.2, 0.25) is 0 Å². The van der Waals surface area contributed by atoms with Crippen molar-refractivity contribution in [2.24, 2.45) is 11.8 Å². The summed E-state index contributed by atoms with van der Waals surface area (Å²) >= 11 is 0. The van der Waals surface area contributed by atoms with E-state index in [-0.39, 0.29) is 25.0 Å². The van der Waals surface area contributed by atoms with Crippen LogP contribution in [0.15, 0.2) is 6.20 Å². The van der Waals surface area contributed by atoms with Crippen LogP contribution in [-0.4, -0.2) is 57.3 Å². The van der Waals surface area contributed by atoms with E-state index in [2.05, 4.69) is 36.1 Å². The summed E-state index contributed by atoms with van der Waals surface area (Å²) < 4.78 is 6.90. The summed E-state index contributed by atoms with van der Waals surface area (Å²) in [6, 6.07) is 0. The number of hydrogen-bond donors (Lipinski definition) is 1. The summed E-state index contributed by atoms with van der Waals surface area (Å²) in [6.45, 7) is 6.47. The van der Waals surface area contributed by atoms with Gasteiger partial charge >= 0.3 is 5.97 Å². The van der Waals surface area contributed by atoms with E-state index in [4.69, 9.17) is 4.74 Å². The maximum atomic E-state index is 12.0. The predicted octanol–water partition coefficient (Wildman–Crippen LogP) is 2.24. The summed E-state index contributed by atoms with van der Waals surface area (Å²) in [6.07, 6.45) is 7.43. The minimum atomic E-state index is -0.768. The van der Waals surface area contributed by atoms with E-state index >= 15 is 0 Å². The molecule has 7 nitrogen and oxygen atoms in total. The van der Waals surface area contributed by atoms with Crippen molar-refractivity contribution in [3.05, 3.63) is 11.9 Å². The third kappa shape index (κ3) is 7.41. The van der Waals surface area contributed by atoms with Gasteiger partial charge in [-0.3, -0.25) is 4.79 Å². The molecule has 1 N–H and O–H groups in total. The number of aliphatic hydroxyl groups excluding tert-OH is 1. The molecular formula is C19H34N4O3. The van der Waals surface area contributed by atoms with Gasteiger partial charge in [-0.15, -0.1) is 5.10 Å². The smallest absolute Gasteiger partial charge is 0.309 e. The van der Waals surface area contributed by atoms with Gasteiger partial charge in [-0.05, 0) is 38.8 Å². The third-order valence-electron chi connectivity index (χ3n) is 4.86. The molecule has 1 aliphatic rings. The number of carbonyl (C=O) groups excluding carboxylic acids is 1. The molecule has 1 aromatic rings. The molecule has 1 aliphatic carbocycles.